The highest BCUT2D eigenvalue weighted by atomic mass is 14.5. The van der Waals surface area contributed by atoms with Gasteiger partial charge in [-0.1, -0.05) is 30.8 Å². The SMILES string of the molecule is C=C1c2ccccc2CC1(C#N)C#N. The maximum absolute atomic E-state index is 9.03. The molecular weight excluding hydrogens is 172 g/mol. The van der Waals surface area contributed by atoms with Crippen LogP contribution in [0.1, 0.15) is 11.1 Å². The standard InChI is InChI=1S/C12H8N2/c1-9-11-5-3-2-4-10(11)6-12(9,7-13)8-14/h2-5H,1,6H2. The number of rotatable bonds is 0. The van der Waals surface area contributed by atoms with E-state index in [9.17, 15) is 0 Å². The van der Waals surface area contributed by atoms with Crippen molar-refractivity contribution in [3.63, 3.8) is 0 Å². The Hall–Kier alpha value is -2.06. The van der Waals surface area contributed by atoms with Gasteiger partial charge in [0.2, 0.25) is 0 Å². The van der Waals surface area contributed by atoms with E-state index in [-0.39, 0.29) is 0 Å². The van der Waals surface area contributed by atoms with Gasteiger partial charge in [0.05, 0.1) is 12.1 Å². The van der Waals surface area contributed by atoms with Gasteiger partial charge in [0, 0.05) is 6.42 Å². The minimum absolute atomic E-state index is 0.467. The van der Waals surface area contributed by atoms with Crippen molar-refractivity contribution in [2.24, 2.45) is 5.41 Å². The van der Waals surface area contributed by atoms with Crippen LogP contribution in [0.15, 0.2) is 30.8 Å². The molecule has 1 aromatic rings. The molecule has 0 saturated heterocycles. The van der Waals surface area contributed by atoms with Crippen LogP contribution in [0.4, 0.5) is 0 Å². The molecule has 66 valence electrons. The predicted molar refractivity (Wildman–Crippen MR) is 52.8 cm³/mol. The number of hydrogen-bond donors (Lipinski definition) is 0. The van der Waals surface area contributed by atoms with Crippen molar-refractivity contribution in [3.05, 3.63) is 42.0 Å². The molecule has 1 aromatic carbocycles. The van der Waals surface area contributed by atoms with Gasteiger partial charge in [0.15, 0.2) is 5.41 Å². The van der Waals surface area contributed by atoms with E-state index in [1.54, 1.807) is 0 Å². The number of hydrogen-bond acceptors (Lipinski definition) is 2. The summed E-state index contributed by atoms with van der Waals surface area (Å²) < 4.78 is 0. The molecule has 0 fully saturated rings. The predicted octanol–water partition coefficient (Wildman–Crippen LogP) is 2.29. The lowest BCUT2D eigenvalue weighted by Crippen LogP contribution is -2.14. The van der Waals surface area contributed by atoms with Gasteiger partial charge >= 0.3 is 0 Å². The molecule has 0 saturated carbocycles. The molecule has 0 aliphatic heterocycles. The lowest BCUT2D eigenvalue weighted by Gasteiger charge is -2.10. The van der Waals surface area contributed by atoms with Gasteiger partial charge in [-0.25, -0.2) is 0 Å². The van der Waals surface area contributed by atoms with Crippen molar-refractivity contribution in [1.82, 2.24) is 0 Å². The molecule has 0 heterocycles. The highest BCUT2D eigenvalue weighted by Crippen LogP contribution is 2.44. The van der Waals surface area contributed by atoms with E-state index < -0.39 is 5.41 Å². The molecule has 0 atom stereocenters. The third-order valence-electron chi connectivity index (χ3n) is 2.69. The lowest BCUT2D eigenvalue weighted by atomic mass is 9.85. The minimum Gasteiger partial charge on any atom is -0.196 e. The average Bonchev–Trinajstić information content (AvgIpc) is 2.53. The quantitative estimate of drug-likeness (QED) is 0.615. The van der Waals surface area contributed by atoms with Crippen molar-refractivity contribution in [3.8, 4) is 12.1 Å². The largest absolute Gasteiger partial charge is 0.196 e. The van der Waals surface area contributed by atoms with E-state index in [4.69, 9.17) is 10.5 Å². The third kappa shape index (κ3) is 0.886. The Kier molecular flexibility index (Phi) is 1.66. The van der Waals surface area contributed by atoms with Crippen LogP contribution in [0.25, 0.3) is 5.57 Å². The monoisotopic (exact) mass is 180 g/mol. The summed E-state index contributed by atoms with van der Waals surface area (Å²) in [4.78, 5) is 0. The number of nitrogens with zero attached hydrogens (tertiary/aromatic N) is 2. The molecule has 2 rings (SSSR count). The Morgan fingerprint density at radius 2 is 1.86 bits per heavy atom. The van der Waals surface area contributed by atoms with Crippen molar-refractivity contribution in [1.29, 1.82) is 10.5 Å². The number of nitriles is 2. The maximum Gasteiger partial charge on any atom is 0.172 e. The summed E-state index contributed by atoms with van der Waals surface area (Å²) in [7, 11) is 0. The van der Waals surface area contributed by atoms with Crippen LogP contribution >= 0.6 is 0 Å². The van der Waals surface area contributed by atoms with Crippen molar-refractivity contribution >= 4 is 5.57 Å². The van der Waals surface area contributed by atoms with Gasteiger partial charge in [-0.2, -0.15) is 10.5 Å². The Bertz CT molecular complexity index is 472. The summed E-state index contributed by atoms with van der Waals surface area (Å²) in [6.07, 6.45) is 0.467. The van der Waals surface area contributed by atoms with Crippen LogP contribution in [0, 0.1) is 28.1 Å². The molecule has 0 unspecified atom stereocenters. The first-order valence-electron chi connectivity index (χ1n) is 4.34. The first-order chi connectivity index (χ1) is 6.73. The second-order valence-electron chi connectivity index (χ2n) is 3.44. The fourth-order valence-corrected chi connectivity index (χ4v) is 1.83. The van der Waals surface area contributed by atoms with Gasteiger partial charge in [0.1, 0.15) is 0 Å². The molecule has 14 heavy (non-hydrogen) atoms. The fourth-order valence-electron chi connectivity index (χ4n) is 1.83. The van der Waals surface area contributed by atoms with Crippen LogP contribution in [0.3, 0.4) is 0 Å². The second kappa shape index (κ2) is 2.72. The van der Waals surface area contributed by atoms with Crippen molar-refractivity contribution in [2.45, 2.75) is 6.42 Å². The smallest absolute Gasteiger partial charge is 0.172 e. The highest BCUT2D eigenvalue weighted by molar-refractivity contribution is 5.80. The molecule has 0 amide bonds. The van der Waals surface area contributed by atoms with Gasteiger partial charge in [-0.15, -0.1) is 0 Å². The zero-order valence-electron chi connectivity index (χ0n) is 7.62. The van der Waals surface area contributed by atoms with Gasteiger partial charge in [-0.05, 0) is 16.7 Å². The van der Waals surface area contributed by atoms with Gasteiger partial charge < -0.3 is 0 Å². The summed E-state index contributed by atoms with van der Waals surface area (Å²) in [6.45, 7) is 3.85. The van der Waals surface area contributed by atoms with E-state index in [2.05, 4.69) is 18.7 Å². The third-order valence-corrected chi connectivity index (χ3v) is 2.69. The number of benzene rings is 1. The summed E-state index contributed by atoms with van der Waals surface area (Å²) in [5, 5.41) is 18.1. The van der Waals surface area contributed by atoms with E-state index >= 15 is 0 Å². The Morgan fingerprint density at radius 1 is 1.21 bits per heavy atom. The van der Waals surface area contributed by atoms with Crippen LogP contribution < -0.4 is 0 Å². The number of allylic oxidation sites excluding steroid dienone is 1. The topological polar surface area (TPSA) is 47.6 Å². The molecule has 1 aliphatic rings. The van der Waals surface area contributed by atoms with Gasteiger partial charge in [0.25, 0.3) is 0 Å². The second-order valence-corrected chi connectivity index (χ2v) is 3.44. The first-order valence-corrected chi connectivity index (χ1v) is 4.34. The molecule has 0 bridgehead atoms. The zero-order chi connectivity index (χ0) is 10.2. The van der Waals surface area contributed by atoms with E-state index in [1.165, 1.54) is 0 Å². The molecule has 0 radical (unpaired) electrons. The number of fused-ring (bicyclic) bond motifs is 1. The van der Waals surface area contributed by atoms with Crippen molar-refractivity contribution in [2.75, 3.05) is 0 Å². The molecule has 2 nitrogen and oxygen atoms in total. The maximum atomic E-state index is 9.03. The molecule has 0 spiro atoms. The molecular formula is C12H8N2. The Labute approximate surface area is 82.7 Å². The first kappa shape index (κ1) is 8.53. The summed E-state index contributed by atoms with van der Waals surface area (Å²) in [6, 6.07) is 11.8. The molecule has 0 N–H and O–H groups in total. The molecule has 0 aromatic heterocycles. The zero-order valence-corrected chi connectivity index (χ0v) is 7.62. The molecule has 1 aliphatic carbocycles. The van der Waals surface area contributed by atoms with Crippen LogP contribution in [-0.2, 0) is 6.42 Å². The van der Waals surface area contributed by atoms with Crippen LogP contribution in [0.2, 0.25) is 0 Å². The lowest BCUT2D eigenvalue weighted by molar-refractivity contribution is 0.712. The summed E-state index contributed by atoms with van der Waals surface area (Å²) >= 11 is 0. The Balaban J connectivity index is 2.62. The molecule has 2 heteroatoms. The van der Waals surface area contributed by atoms with E-state index in [1.807, 2.05) is 24.3 Å². The van der Waals surface area contributed by atoms with Crippen LogP contribution in [-0.4, -0.2) is 0 Å². The Morgan fingerprint density at radius 3 is 2.43 bits per heavy atom. The summed E-state index contributed by atoms with van der Waals surface area (Å²) in [5.41, 5.74) is 1.60. The summed E-state index contributed by atoms with van der Waals surface area (Å²) in [5.74, 6) is 0. The fraction of sp³-hybridized carbons (Fsp3) is 0.167. The highest BCUT2D eigenvalue weighted by Gasteiger charge is 2.41. The minimum atomic E-state index is -1.04. The normalized spacial score (nSPS) is 16.9. The van der Waals surface area contributed by atoms with E-state index in [0.717, 1.165) is 11.1 Å². The van der Waals surface area contributed by atoms with E-state index in [0.29, 0.717) is 12.0 Å². The average molecular weight is 180 g/mol. The van der Waals surface area contributed by atoms with Crippen molar-refractivity contribution < 1.29 is 0 Å². The van der Waals surface area contributed by atoms with Gasteiger partial charge in [-0.3, -0.25) is 0 Å². The van der Waals surface area contributed by atoms with Crippen LogP contribution in [0.5, 0.6) is 0 Å².